The van der Waals surface area contributed by atoms with Crippen LogP contribution in [-0.2, 0) is 66.8 Å². The van der Waals surface area contributed by atoms with E-state index in [2.05, 4.69) is 28.4 Å². The monoisotopic (exact) mass is 732 g/mol. The molecule has 0 bridgehead atoms. The van der Waals surface area contributed by atoms with Crippen molar-refractivity contribution < 1.29 is 18.9 Å². The van der Waals surface area contributed by atoms with E-state index in [1.807, 2.05) is 93.1 Å². The summed E-state index contributed by atoms with van der Waals surface area (Å²) < 4.78 is 0. The van der Waals surface area contributed by atoms with Crippen molar-refractivity contribution in [2.75, 3.05) is 38.0 Å². The van der Waals surface area contributed by atoms with Gasteiger partial charge in [0.15, 0.2) is 0 Å². The fourth-order valence-corrected chi connectivity index (χ4v) is 12.3. The second kappa shape index (κ2) is 23.9. The summed E-state index contributed by atoms with van der Waals surface area (Å²) in [5.41, 5.74) is 2.24. The molecule has 2 aromatic carbocycles. The van der Waals surface area contributed by atoms with Crippen LogP contribution in [0.3, 0.4) is 0 Å². The summed E-state index contributed by atoms with van der Waals surface area (Å²) >= 11 is 37.1. The molecule has 194 valence electrons. The van der Waals surface area contributed by atoms with E-state index in [1.54, 1.807) is 33.2 Å². The molecule has 0 saturated carbocycles. The van der Waals surface area contributed by atoms with E-state index < -0.39 is 12.7 Å². The Hall–Kier alpha value is 2.06. The smallest absolute Gasteiger partial charge is 0.400 e. The van der Waals surface area contributed by atoms with Crippen LogP contribution in [-0.4, -0.2) is 40.9 Å². The zero-order chi connectivity index (χ0) is 26.8. The third-order valence-corrected chi connectivity index (χ3v) is 14.6. The molecule has 0 N–H and O–H groups in total. The summed E-state index contributed by atoms with van der Waals surface area (Å²) in [6.07, 6.45) is 0. The van der Waals surface area contributed by atoms with E-state index in [0.29, 0.717) is 0 Å². The molecule has 0 aliphatic heterocycles. The average molecular weight is 735 g/mol. The van der Waals surface area contributed by atoms with Crippen LogP contribution in [0.1, 0.15) is 0 Å². The molecule has 2 nitrogen and oxygen atoms in total. The maximum Gasteiger partial charge on any atom is 1.00 e. The summed E-state index contributed by atoms with van der Waals surface area (Å²) in [7, 11) is 15.4. The van der Waals surface area contributed by atoms with Gasteiger partial charge in [0.2, 0.25) is 0 Å². The van der Waals surface area contributed by atoms with Crippen molar-refractivity contribution in [1.29, 1.82) is 0 Å². The van der Waals surface area contributed by atoms with E-state index in [9.17, 15) is 0 Å². The Balaban J connectivity index is -0.000000411. The first kappa shape index (κ1) is 41.5. The molecule has 0 fully saturated rings. The first-order valence-electron chi connectivity index (χ1n) is 9.09. The van der Waals surface area contributed by atoms with Crippen LogP contribution >= 0.6 is 55.4 Å². The second-order valence-electron chi connectivity index (χ2n) is 6.56. The Morgan fingerprint density at radius 2 is 1.20 bits per heavy atom. The Kier molecular flexibility index (Phi) is 28.4. The predicted octanol–water partition coefficient (Wildman–Crippen LogP) is 3.32. The number of benzene rings is 2. The summed E-state index contributed by atoms with van der Waals surface area (Å²) in [5.74, 6) is 0. The van der Waals surface area contributed by atoms with E-state index in [-0.39, 0.29) is 18.9 Å². The molecule has 0 aliphatic rings. The van der Waals surface area contributed by atoms with Gasteiger partial charge in [-0.15, -0.1) is 61.5 Å². The Morgan fingerprint density at radius 1 is 0.743 bits per heavy atom. The zero-order valence-corrected chi connectivity index (χ0v) is 31.8. The molecular weight excluding hydrogens is 709 g/mol. The molecule has 2 aromatic rings. The summed E-state index contributed by atoms with van der Waals surface area (Å²) in [6.45, 7) is 1.30. The largest absolute Gasteiger partial charge is 1.00 e. The second-order valence-corrected chi connectivity index (χ2v) is 32.9. The van der Waals surface area contributed by atoms with Crippen LogP contribution in [0, 0.1) is 6.07 Å². The quantitative estimate of drug-likeness (QED) is 0.272. The fourth-order valence-electron chi connectivity index (χ4n) is 1.93. The number of para-hydroxylation sites is 2. The van der Waals surface area contributed by atoms with Gasteiger partial charge in [-0.05, 0) is 24.3 Å². The minimum Gasteiger partial charge on any atom is -0.400 e. The Labute approximate surface area is 272 Å². The molecule has 0 heterocycles. The van der Waals surface area contributed by atoms with Gasteiger partial charge in [0, 0.05) is 101 Å². The molecule has 0 aliphatic carbocycles. The van der Waals surface area contributed by atoms with Crippen molar-refractivity contribution in [2.45, 2.75) is 13.1 Å². The van der Waals surface area contributed by atoms with Gasteiger partial charge in [0.25, 0.3) is 6.69 Å². The van der Waals surface area contributed by atoms with Gasteiger partial charge >= 0.3 is 24.9 Å². The van der Waals surface area contributed by atoms with Crippen molar-refractivity contribution in [2.24, 2.45) is 0 Å². The molecule has 0 amide bonds. The number of hydrogen-bond acceptors (Lipinski definition) is 4. The van der Waals surface area contributed by atoms with E-state index in [1.165, 1.54) is 17.8 Å². The maximum atomic E-state index is 6.19. The van der Waals surface area contributed by atoms with Crippen LogP contribution in [0.25, 0.3) is 0 Å². The normalized spacial score (nSPS) is 9.57. The molecule has 17 heteroatoms. The van der Waals surface area contributed by atoms with Crippen LogP contribution in [0.5, 0.6) is 0 Å². The summed E-state index contributed by atoms with van der Waals surface area (Å²) in [4.78, 5) is 4.06. The van der Waals surface area contributed by atoms with Crippen molar-refractivity contribution in [3.8, 4) is 0 Å². The summed E-state index contributed by atoms with van der Waals surface area (Å²) in [6, 6.07) is 16.8. The number of halogens is 5. The Morgan fingerprint density at radius 3 is 1.49 bits per heavy atom. The standard InChI is InChI=1S/C9H13Cl2NSi.C8H10N.CH3Cl3Si.Li.S7/c1-12(2)8-6-4-5-7-9(8)13(3,10)11;1-9(2)8-6-4-3-5-7-8;1-5(2,3)4;;1-3-5-7-6-4-2/h4-7H,1-3H3;3-6H,1-2H3;1H3;;/q;-1;;+1;. The SMILES string of the molecule is CN(C)c1[c-]cccc1.CN(C)c1ccccc1[Si](C)(Cl)Cl.C[Si](Cl)(Cl)Cl.S=S=S=S=S=S=S.[Li+]. The van der Waals surface area contributed by atoms with Crippen LogP contribution in [0.4, 0.5) is 11.4 Å². The molecule has 0 atom stereocenters. The van der Waals surface area contributed by atoms with Crippen molar-refractivity contribution in [3.05, 3.63) is 54.6 Å². The number of hydrogen-bond donors (Lipinski definition) is 0. The van der Waals surface area contributed by atoms with Gasteiger partial charge in [-0.1, -0.05) is 23.9 Å². The van der Waals surface area contributed by atoms with Crippen LogP contribution in [0.2, 0.25) is 13.1 Å². The molecule has 0 unspecified atom stereocenters. The fraction of sp³-hybridized carbons (Fsp3) is 0.333. The summed E-state index contributed by atoms with van der Waals surface area (Å²) in [5, 5.41) is 1.07. The number of anilines is 2. The van der Waals surface area contributed by atoms with E-state index in [0.717, 1.165) is 16.6 Å². The van der Waals surface area contributed by atoms with E-state index in [4.69, 9.17) is 55.4 Å². The molecule has 0 radical (unpaired) electrons. The molecule has 0 saturated heterocycles. The maximum absolute atomic E-state index is 6.19. The third kappa shape index (κ3) is 27.4. The topological polar surface area (TPSA) is 6.48 Å². The van der Waals surface area contributed by atoms with Gasteiger partial charge in [-0.25, -0.2) is 0 Å². The Bertz CT molecular complexity index is 1020. The minimum absolute atomic E-state index is 0. The molecule has 0 spiro atoms. The van der Waals surface area contributed by atoms with Gasteiger partial charge in [0.1, 0.15) is 0 Å². The first-order valence-corrected chi connectivity index (χ1v) is 27.1. The average Bonchev–Trinajstić information content (AvgIpc) is 2.74. The zero-order valence-electron chi connectivity index (χ0n) is 20.3. The van der Waals surface area contributed by atoms with E-state index >= 15 is 0 Å². The molecule has 35 heavy (non-hydrogen) atoms. The third-order valence-electron chi connectivity index (χ3n) is 3.14. The van der Waals surface area contributed by atoms with Gasteiger partial charge in [0.05, 0.1) is 0 Å². The van der Waals surface area contributed by atoms with Crippen LogP contribution < -0.4 is 33.8 Å². The minimum atomic E-state index is -2.24. The van der Waals surface area contributed by atoms with Gasteiger partial charge in [-0.3, -0.25) is 0 Å². The molecular formula is C18H26Cl5LiN2S7Si2. The van der Waals surface area contributed by atoms with Crippen molar-refractivity contribution in [1.82, 2.24) is 0 Å². The predicted molar refractivity (Wildman–Crippen MR) is 184 cm³/mol. The van der Waals surface area contributed by atoms with Gasteiger partial charge in [-0.2, -0.15) is 24.3 Å². The van der Waals surface area contributed by atoms with Crippen molar-refractivity contribution in [3.63, 3.8) is 0 Å². The molecule has 2 rings (SSSR count). The molecule has 0 aromatic heterocycles. The number of rotatable bonds is 3. The first-order chi connectivity index (χ1) is 15.6. The van der Waals surface area contributed by atoms with Crippen LogP contribution in [0.15, 0.2) is 48.5 Å². The van der Waals surface area contributed by atoms with Gasteiger partial charge < -0.3 is 9.80 Å². The van der Waals surface area contributed by atoms with Crippen molar-refractivity contribution >= 4 is 151 Å². The number of nitrogens with zero attached hydrogens (tertiary/aromatic N) is 2.